The highest BCUT2D eigenvalue weighted by atomic mass is 32.2. The van der Waals surface area contributed by atoms with Crippen molar-refractivity contribution in [3.8, 4) is 0 Å². The molecule has 112 valence electrons. The Morgan fingerprint density at radius 3 is 1.90 bits per heavy atom. The molecule has 0 aromatic heterocycles. The minimum atomic E-state index is -3.44. The summed E-state index contributed by atoms with van der Waals surface area (Å²) in [6.45, 7) is 6.37. The predicted octanol–water partition coefficient (Wildman–Crippen LogP) is 3.39. The molecule has 4 heteroatoms. The molecule has 0 fully saturated rings. The van der Waals surface area contributed by atoms with Crippen molar-refractivity contribution in [1.82, 2.24) is 4.72 Å². The smallest absolute Gasteiger partial charge is 0.211 e. The molecule has 1 atom stereocenters. The van der Waals surface area contributed by atoms with Gasteiger partial charge in [0.2, 0.25) is 10.0 Å². The third-order valence-electron chi connectivity index (χ3n) is 3.56. The van der Waals surface area contributed by atoms with Crippen LogP contribution in [-0.2, 0) is 10.0 Å². The molecule has 0 heterocycles. The molecule has 0 aliphatic carbocycles. The van der Waals surface area contributed by atoms with Crippen LogP contribution < -0.4 is 4.72 Å². The van der Waals surface area contributed by atoms with E-state index in [1.807, 2.05) is 45.0 Å². The molecule has 21 heavy (non-hydrogen) atoms. The Morgan fingerprint density at radius 1 is 0.905 bits per heavy atom. The van der Waals surface area contributed by atoms with Crippen molar-refractivity contribution < 1.29 is 8.42 Å². The van der Waals surface area contributed by atoms with Gasteiger partial charge in [-0.05, 0) is 37.5 Å². The number of nitrogens with one attached hydrogen (secondary N) is 1. The van der Waals surface area contributed by atoms with Crippen LogP contribution >= 0.6 is 0 Å². The van der Waals surface area contributed by atoms with E-state index in [0.29, 0.717) is 11.4 Å². The molecule has 2 aromatic carbocycles. The highest BCUT2D eigenvalue weighted by Gasteiger charge is 2.15. The largest absolute Gasteiger partial charge is 0.240 e. The van der Waals surface area contributed by atoms with Crippen molar-refractivity contribution in [1.29, 1.82) is 0 Å². The van der Waals surface area contributed by atoms with Gasteiger partial charge in [0.25, 0.3) is 0 Å². The average molecular weight is 303 g/mol. The molecule has 0 saturated carbocycles. The number of hydrogen-bond donors (Lipinski definition) is 1. The molecule has 1 unspecified atom stereocenters. The minimum absolute atomic E-state index is 0.130. The van der Waals surface area contributed by atoms with E-state index < -0.39 is 10.0 Å². The molecule has 0 aliphatic rings. The maximum atomic E-state index is 12.2. The summed E-state index contributed by atoms with van der Waals surface area (Å²) >= 11 is 0. The van der Waals surface area contributed by atoms with Crippen LogP contribution in [0.25, 0.3) is 0 Å². The predicted molar refractivity (Wildman–Crippen MR) is 86.0 cm³/mol. The quantitative estimate of drug-likeness (QED) is 0.920. The Morgan fingerprint density at radius 2 is 1.38 bits per heavy atom. The van der Waals surface area contributed by atoms with Gasteiger partial charge >= 0.3 is 0 Å². The van der Waals surface area contributed by atoms with Crippen LogP contribution in [0.3, 0.4) is 0 Å². The zero-order chi connectivity index (χ0) is 15.5. The molecule has 0 amide bonds. The second kappa shape index (κ2) is 6.41. The molecule has 3 nitrogen and oxygen atoms in total. The molecule has 2 rings (SSSR count). The van der Waals surface area contributed by atoms with Gasteiger partial charge in [0, 0.05) is 6.54 Å². The zero-order valence-electron chi connectivity index (χ0n) is 12.6. The fourth-order valence-electron chi connectivity index (χ4n) is 2.05. The third-order valence-corrected chi connectivity index (χ3v) is 5.00. The number of sulfonamides is 1. The fourth-order valence-corrected chi connectivity index (χ4v) is 3.18. The number of aryl methyl sites for hydroxylation is 2. The Bertz CT molecular complexity index is 689. The third kappa shape index (κ3) is 4.16. The Balaban J connectivity index is 2.04. The van der Waals surface area contributed by atoms with Gasteiger partial charge in [-0.15, -0.1) is 0 Å². The Labute approximate surface area is 127 Å². The molecule has 0 spiro atoms. The van der Waals surface area contributed by atoms with Crippen molar-refractivity contribution in [2.24, 2.45) is 0 Å². The number of hydrogen-bond acceptors (Lipinski definition) is 2. The van der Waals surface area contributed by atoms with Crippen molar-refractivity contribution in [2.45, 2.75) is 31.6 Å². The van der Waals surface area contributed by atoms with E-state index >= 15 is 0 Å². The van der Waals surface area contributed by atoms with Crippen LogP contribution in [0.2, 0.25) is 0 Å². The first kappa shape index (κ1) is 15.7. The van der Waals surface area contributed by atoms with E-state index in [1.54, 1.807) is 24.3 Å². The van der Waals surface area contributed by atoms with Crippen molar-refractivity contribution >= 4 is 10.0 Å². The Kier molecular flexibility index (Phi) is 4.80. The van der Waals surface area contributed by atoms with E-state index in [2.05, 4.69) is 4.72 Å². The minimum Gasteiger partial charge on any atom is -0.211 e. The molecule has 0 radical (unpaired) electrons. The topological polar surface area (TPSA) is 46.2 Å². The summed E-state index contributed by atoms with van der Waals surface area (Å²) in [5, 5.41) is 0. The van der Waals surface area contributed by atoms with Crippen LogP contribution in [0.15, 0.2) is 53.4 Å². The molecule has 0 aliphatic heterocycles. The van der Waals surface area contributed by atoms with E-state index in [1.165, 1.54) is 5.56 Å². The molecule has 0 bridgehead atoms. The summed E-state index contributed by atoms with van der Waals surface area (Å²) in [6.07, 6.45) is 0. The summed E-state index contributed by atoms with van der Waals surface area (Å²) in [7, 11) is -3.44. The van der Waals surface area contributed by atoms with Gasteiger partial charge < -0.3 is 0 Å². The van der Waals surface area contributed by atoms with Crippen LogP contribution in [0, 0.1) is 13.8 Å². The van der Waals surface area contributed by atoms with E-state index in [9.17, 15) is 8.42 Å². The van der Waals surface area contributed by atoms with Gasteiger partial charge in [-0.3, -0.25) is 0 Å². The van der Waals surface area contributed by atoms with Gasteiger partial charge in [-0.25, -0.2) is 13.1 Å². The summed E-state index contributed by atoms with van der Waals surface area (Å²) in [5.41, 5.74) is 3.38. The van der Waals surface area contributed by atoms with Gasteiger partial charge in [0.1, 0.15) is 0 Å². The van der Waals surface area contributed by atoms with E-state index in [-0.39, 0.29) is 5.92 Å². The molecule has 0 saturated heterocycles. The lowest BCUT2D eigenvalue weighted by Crippen LogP contribution is -2.27. The van der Waals surface area contributed by atoms with Gasteiger partial charge in [0.05, 0.1) is 4.90 Å². The first-order valence-corrected chi connectivity index (χ1v) is 8.50. The molecular weight excluding hydrogens is 282 g/mol. The second-order valence-corrected chi connectivity index (χ2v) is 7.24. The van der Waals surface area contributed by atoms with Crippen molar-refractivity contribution in [3.05, 3.63) is 65.2 Å². The van der Waals surface area contributed by atoms with E-state index in [4.69, 9.17) is 0 Å². The maximum absolute atomic E-state index is 12.2. The standard InChI is InChI=1S/C17H21NO2S/c1-13-4-8-16(9-5-13)15(3)12-18-21(19,20)17-10-6-14(2)7-11-17/h4-11,15,18H,12H2,1-3H3. The molecule has 2 aromatic rings. The normalized spacial score (nSPS) is 13.1. The van der Waals surface area contributed by atoms with E-state index in [0.717, 1.165) is 11.1 Å². The number of rotatable bonds is 5. The lowest BCUT2D eigenvalue weighted by atomic mass is 10.0. The van der Waals surface area contributed by atoms with Gasteiger partial charge in [0.15, 0.2) is 0 Å². The first-order valence-electron chi connectivity index (χ1n) is 7.01. The Hall–Kier alpha value is -1.65. The van der Waals surface area contributed by atoms with Crippen LogP contribution in [0.5, 0.6) is 0 Å². The van der Waals surface area contributed by atoms with Crippen LogP contribution in [0.1, 0.15) is 29.5 Å². The average Bonchev–Trinajstić information content (AvgIpc) is 2.46. The fraction of sp³-hybridized carbons (Fsp3) is 0.294. The number of benzene rings is 2. The molecule has 1 N–H and O–H groups in total. The van der Waals surface area contributed by atoms with Crippen LogP contribution in [-0.4, -0.2) is 15.0 Å². The lowest BCUT2D eigenvalue weighted by molar-refractivity contribution is 0.575. The second-order valence-electron chi connectivity index (χ2n) is 5.48. The summed E-state index contributed by atoms with van der Waals surface area (Å²) < 4.78 is 27.1. The first-order chi connectivity index (χ1) is 9.88. The highest BCUT2D eigenvalue weighted by Crippen LogP contribution is 2.16. The van der Waals surface area contributed by atoms with Gasteiger partial charge in [-0.1, -0.05) is 54.4 Å². The van der Waals surface area contributed by atoms with Crippen molar-refractivity contribution in [2.75, 3.05) is 6.54 Å². The molecular formula is C17H21NO2S. The zero-order valence-corrected chi connectivity index (χ0v) is 13.4. The van der Waals surface area contributed by atoms with Gasteiger partial charge in [-0.2, -0.15) is 0 Å². The van der Waals surface area contributed by atoms with Crippen LogP contribution in [0.4, 0.5) is 0 Å². The highest BCUT2D eigenvalue weighted by molar-refractivity contribution is 7.89. The monoisotopic (exact) mass is 303 g/mol. The SMILES string of the molecule is Cc1ccc(C(C)CNS(=O)(=O)c2ccc(C)cc2)cc1. The summed E-state index contributed by atoms with van der Waals surface area (Å²) in [4.78, 5) is 0.309. The van der Waals surface area contributed by atoms with Crippen molar-refractivity contribution in [3.63, 3.8) is 0 Å². The summed E-state index contributed by atoms with van der Waals surface area (Å²) in [5.74, 6) is 0.130. The summed E-state index contributed by atoms with van der Waals surface area (Å²) in [6, 6.07) is 15.0. The lowest BCUT2D eigenvalue weighted by Gasteiger charge is -2.14. The maximum Gasteiger partial charge on any atom is 0.240 e.